The third kappa shape index (κ3) is 7.09. The molecule has 1 aliphatic rings. The van der Waals surface area contributed by atoms with Crippen LogP contribution in [0.5, 0.6) is 11.5 Å². The molecule has 3 amide bonds. The standard InChI is InChI=1S/C28H24ClIN2O5S/c1-3-36-23-13-19(12-22(30)26(23)37-16-25(33)31-21-9-4-6-17(2)10-21)14-24-27(34)32(28(35)38-24)15-18-7-5-8-20(29)11-18/h4-14H,3,15-16H2,1-2H3,(H,31,33)/b24-14-. The lowest BCUT2D eigenvalue weighted by molar-refractivity contribution is -0.123. The van der Waals surface area contributed by atoms with Gasteiger partial charge < -0.3 is 14.8 Å². The molecule has 0 spiro atoms. The Balaban J connectivity index is 1.49. The third-order valence-corrected chi connectivity index (χ3v) is 7.33. The third-order valence-electron chi connectivity index (χ3n) is 5.38. The molecule has 3 aromatic rings. The van der Waals surface area contributed by atoms with Gasteiger partial charge in [-0.25, -0.2) is 0 Å². The van der Waals surface area contributed by atoms with Gasteiger partial charge in [0.15, 0.2) is 18.1 Å². The number of halogens is 2. The maximum absolute atomic E-state index is 13.0. The van der Waals surface area contributed by atoms with Gasteiger partial charge in [0.1, 0.15) is 0 Å². The summed E-state index contributed by atoms with van der Waals surface area (Å²) in [5, 5.41) is 3.01. The van der Waals surface area contributed by atoms with Crippen LogP contribution in [0.25, 0.3) is 6.08 Å². The van der Waals surface area contributed by atoms with Crippen molar-refractivity contribution >= 4 is 74.8 Å². The molecule has 196 valence electrons. The van der Waals surface area contributed by atoms with Crippen LogP contribution in [-0.2, 0) is 16.1 Å². The minimum atomic E-state index is -0.374. The monoisotopic (exact) mass is 662 g/mol. The molecule has 1 heterocycles. The maximum Gasteiger partial charge on any atom is 0.293 e. The number of hydrogen-bond acceptors (Lipinski definition) is 6. The Bertz CT molecular complexity index is 1430. The van der Waals surface area contributed by atoms with Crippen molar-refractivity contribution in [2.75, 3.05) is 18.5 Å². The van der Waals surface area contributed by atoms with Crippen molar-refractivity contribution in [3.05, 3.63) is 90.9 Å². The summed E-state index contributed by atoms with van der Waals surface area (Å²) >= 11 is 9.02. The van der Waals surface area contributed by atoms with Crippen molar-refractivity contribution in [2.45, 2.75) is 20.4 Å². The second-order valence-electron chi connectivity index (χ2n) is 8.37. The summed E-state index contributed by atoms with van der Waals surface area (Å²) in [5.74, 6) is 0.192. The van der Waals surface area contributed by atoms with Crippen LogP contribution in [-0.4, -0.2) is 35.2 Å². The summed E-state index contributed by atoms with van der Waals surface area (Å²) in [7, 11) is 0. The van der Waals surface area contributed by atoms with Crippen molar-refractivity contribution in [2.24, 2.45) is 0 Å². The zero-order valence-electron chi connectivity index (χ0n) is 20.6. The summed E-state index contributed by atoms with van der Waals surface area (Å²) in [6, 6.07) is 18.1. The van der Waals surface area contributed by atoms with E-state index in [1.807, 2.05) is 50.2 Å². The van der Waals surface area contributed by atoms with Gasteiger partial charge in [-0.2, -0.15) is 0 Å². The van der Waals surface area contributed by atoms with Gasteiger partial charge in [0.2, 0.25) is 0 Å². The van der Waals surface area contributed by atoms with Crippen molar-refractivity contribution in [3.63, 3.8) is 0 Å². The zero-order valence-corrected chi connectivity index (χ0v) is 24.4. The largest absolute Gasteiger partial charge is 0.490 e. The molecule has 3 aromatic carbocycles. The Kier molecular flexibility index (Phi) is 9.35. The van der Waals surface area contributed by atoms with Crippen molar-refractivity contribution in [3.8, 4) is 11.5 Å². The predicted molar refractivity (Wildman–Crippen MR) is 159 cm³/mol. The van der Waals surface area contributed by atoms with Crippen LogP contribution in [0.1, 0.15) is 23.6 Å². The molecular formula is C28H24ClIN2O5S. The van der Waals surface area contributed by atoms with Gasteiger partial charge in [-0.05, 0) is 107 Å². The Morgan fingerprint density at radius 2 is 1.89 bits per heavy atom. The maximum atomic E-state index is 13.0. The summed E-state index contributed by atoms with van der Waals surface area (Å²) in [6.07, 6.45) is 1.65. The highest BCUT2D eigenvalue weighted by atomic mass is 127. The van der Waals surface area contributed by atoms with E-state index in [9.17, 15) is 14.4 Å². The van der Waals surface area contributed by atoms with Crippen LogP contribution in [0.3, 0.4) is 0 Å². The first-order valence-electron chi connectivity index (χ1n) is 11.7. The molecule has 1 saturated heterocycles. The molecule has 0 saturated carbocycles. The average molecular weight is 663 g/mol. The SMILES string of the molecule is CCOc1cc(/C=C2\SC(=O)N(Cc3cccc(Cl)c3)C2=O)cc(I)c1OCC(=O)Nc1cccc(C)c1. The Labute approximate surface area is 243 Å². The van der Waals surface area contributed by atoms with E-state index in [-0.39, 0.29) is 30.2 Å². The van der Waals surface area contributed by atoms with E-state index in [0.29, 0.717) is 42.9 Å². The van der Waals surface area contributed by atoms with E-state index in [0.717, 1.165) is 22.9 Å². The second kappa shape index (κ2) is 12.7. The van der Waals surface area contributed by atoms with Gasteiger partial charge >= 0.3 is 0 Å². The molecule has 0 bridgehead atoms. The highest BCUT2D eigenvalue weighted by molar-refractivity contribution is 14.1. The Hall–Kier alpha value is -3.02. The minimum absolute atomic E-state index is 0.141. The lowest BCUT2D eigenvalue weighted by atomic mass is 10.1. The Morgan fingerprint density at radius 3 is 2.63 bits per heavy atom. The van der Waals surface area contributed by atoms with Gasteiger partial charge in [-0.1, -0.05) is 35.9 Å². The smallest absolute Gasteiger partial charge is 0.293 e. The molecule has 38 heavy (non-hydrogen) atoms. The van der Waals surface area contributed by atoms with E-state index < -0.39 is 0 Å². The van der Waals surface area contributed by atoms with Crippen molar-refractivity contribution in [1.29, 1.82) is 0 Å². The first-order chi connectivity index (χ1) is 18.2. The molecule has 1 fully saturated rings. The number of anilines is 1. The number of carbonyl (C=O) groups excluding carboxylic acids is 3. The highest BCUT2D eigenvalue weighted by Gasteiger charge is 2.35. The number of ether oxygens (including phenoxy) is 2. The van der Waals surface area contributed by atoms with Gasteiger partial charge in [0.05, 0.1) is 21.6 Å². The number of amides is 3. The number of benzene rings is 3. The molecule has 0 aliphatic carbocycles. The lowest BCUT2D eigenvalue weighted by Crippen LogP contribution is -2.27. The van der Waals surface area contributed by atoms with Crippen LogP contribution < -0.4 is 14.8 Å². The first kappa shape index (κ1) is 28.0. The molecule has 10 heteroatoms. The molecule has 0 radical (unpaired) electrons. The molecule has 7 nitrogen and oxygen atoms in total. The molecule has 0 atom stereocenters. The Morgan fingerprint density at radius 1 is 1.11 bits per heavy atom. The summed E-state index contributed by atoms with van der Waals surface area (Å²) in [5.41, 5.74) is 3.16. The number of thioether (sulfide) groups is 1. The number of hydrogen-bond donors (Lipinski definition) is 1. The second-order valence-corrected chi connectivity index (χ2v) is 11.0. The molecule has 1 aliphatic heterocycles. The molecule has 4 rings (SSSR count). The molecule has 0 aromatic heterocycles. The number of nitrogens with zero attached hydrogens (tertiary/aromatic N) is 1. The van der Waals surface area contributed by atoms with E-state index in [4.69, 9.17) is 21.1 Å². The highest BCUT2D eigenvalue weighted by Crippen LogP contribution is 2.38. The fourth-order valence-electron chi connectivity index (χ4n) is 3.74. The van der Waals surface area contributed by atoms with Crippen molar-refractivity contribution < 1.29 is 23.9 Å². The van der Waals surface area contributed by atoms with Crippen LogP contribution in [0.4, 0.5) is 10.5 Å². The van der Waals surface area contributed by atoms with Gasteiger partial charge in [0.25, 0.3) is 17.1 Å². The zero-order chi connectivity index (χ0) is 27.2. The predicted octanol–water partition coefficient (Wildman–Crippen LogP) is 6.91. The fraction of sp³-hybridized carbons (Fsp3) is 0.179. The fourth-order valence-corrected chi connectivity index (χ4v) is 5.57. The van der Waals surface area contributed by atoms with E-state index in [1.54, 1.807) is 30.3 Å². The van der Waals surface area contributed by atoms with Gasteiger partial charge in [0, 0.05) is 10.7 Å². The van der Waals surface area contributed by atoms with Crippen molar-refractivity contribution in [1.82, 2.24) is 4.90 Å². The van der Waals surface area contributed by atoms with E-state index in [1.165, 1.54) is 4.90 Å². The number of carbonyl (C=O) groups is 3. The van der Waals surface area contributed by atoms with Gasteiger partial charge in [-0.3, -0.25) is 19.3 Å². The number of aryl methyl sites for hydroxylation is 1. The molecule has 1 N–H and O–H groups in total. The summed E-state index contributed by atoms with van der Waals surface area (Å²) < 4.78 is 12.3. The normalized spacial score (nSPS) is 14.2. The first-order valence-corrected chi connectivity index (χ1v) is 14.0. The minimum Gasteiger partial charge on any atom is -0.490 e. The van der Waals surface area contributed by atoms with Crippen LogP contribution in [0, 0.1) is 10.5 Å². The molecular weight excluding hydrogens is 639 g/mol. The van der Waals surface area contributed by atoms with E-state index >= 15 is 0 Å². The number of rotatable bonds is 9. The van der Waals surface area contributed by atoms with Gasteiger partial charge in [-0.15, -0.1) is 0 Å². The lowest BCUT2D eigenvalue weighted by Gasteiger charge is -2.15. The van der Waals surface area contributed by atoms with Crippen LogP contribution >= 0.6 is 46.0 Å². The summed E-state index contributed by atoms with van der Waals surface area (Å²) in [4.78, 5) is 39.5. The van der Waals surface area contributed by atoms with E-state index in [2.05, 4.69) is 27.9 Å². The van der Waals surface area contributed by atoms with Crippen LogP contribution in [0.15, 0.2) is 65.6 Å². The topological polar surface area (TPSA) is 84.9 Å². The molecule has 0 unspecified atom stereocenters. The quantitative estimate of drug-likeness (QED) is 0.198. The number of nitrogens with one attached hydrogen (secondary N) is 1. The van der Waals surface area contributed by atoms with Crippen LogP contribution in [0.2, 0.25) is 5.02 Å². The average Bonchev–Trinajstić information content (AvgIpc) is 3.11. The number of imide groups is 1. The summed E-state index contributed by atoms with van der Waals surface area (Å²) in [6.45, 7) is 4.11.